The molecule has 1 fully saturated rings. The average Bonchev–Trinajstić information content (AvgIpc) is 3.15. The highest BCUT2D eigenvalue weighted by atomic mass is 32.2. The second-order valence-corrected chi connectivity index (χ2v) is 9.94. The maximum Gasteiger partial charge on any atom is 0.233 e. The molecule has 0 radical (unpaired) electrons. The van der Waals surface area contributed by atoms with Crippen molar-refractivity contribution in [2.75, 3.05) is 13.7 Å². The first-order valence-electron chi connectivity index (χ1n) is 10.9. The Hall–Kier alpha value is -2.02. The number of benzene rings is 1. The van der Waals surface area contributed by atoms with E-state index in [1.165, 1.54) is 31.0 Å². The fourth-order valence-corrected chi connectivity index (χ4v) is 4.86. The summed E-state index contributed by atoms with van der Waals surface area (Å²) in [6.45, 7) is 9.14. The number of ether oxygens (including phenoxy) is 1. The van der Waals surface area contributed by atoms with Crippen molar-refractivity contribution in [3.8, 4) is 17.1 Å². The van der Waals surface area contributed by atoms with Crippen molar-refractivity contribution in [3.63, 3.8) is 0 Å². The molecule has 2 aromatic rings. The van der Waals surface area contributed by atoms with Crippen LogP contribution in [0.15, 0.2) is 29.4 Å². The van der Waals surface area contributed by atoms with Crippen molar-refractivity contribution in [1.29, 1.82) is 0 Å². The molecule has 0 unspecified atom stereocenters. The normalized spacial score (nSPS) is 20.2. The minimum Gasteiger partial charge on any atom is -0.497 e. The van der Waals surface area contributed by atoms with Crippen LogP contribution in [0.25, 0.3) is 11.4 Å². The lowest BCUT2D eigenvalue weighted by atomic mass is 9.85. The van der Waals surface area contributed by atoms with Gasteiger partial charge in [0.05, 0.1) is 12.4 Å². The molecule has 1 amide bonds. The monoisotopic (exact) mass is 430 g/mol. The third kappa shape index (κ3) is 5.36. The molecule has 1 aliphatic rings. The number of aromatic nitrogens is 3. The predicted octanol–water partition coefficient (Wildman–Crippen LogP) is 4.96. The van der Waals surface area contributed by atoms with E-state index in [4.69, 9.17) is 4.74 Å². The average molecular weight is 431 g/mol. The van der Waals surface area contributed by atoms with E-state index in [0.29, 0.717) is 24.4 Å². The highest BCUT2D eigenvalue weighted by Gasteiger charge is 2.30. The van der Waals surface area contributed by atoms with Crippen molar-refractivity contribution in [3.05, 3.63) is 24.3 Å². The van der Waals surface area contributed by atoms with Gasteiger partial charge >= 0.3 is 0 Å². The number of rotatable bonds is 8. The molecule has 6 nitrogen and oxygen atoms in total. The first-order valence-corrected chi connectivity index (χ1v) is 11.8. The second kappa shape index (κ2) is 10.3. The number of nitrogens with zero attached hydrogens (tertiary/aromatic N) is 3. The number of thioether (sulfide) groups is 1. The molecular weight excluding hydrogens is 396 g/mol. The van der Waals surface area contributed by atoms with E-state index in [9.17, 15) is 4.79 Å². The van der Waals surface area contributed by atoms with Crippen LogP contribution in [0.4, 0.5) is 0 Å². The van der Waals surface area contributed by atoms with Gasteiger partial charge in [-0.05, 0) is 55.9 Å². The van der Waals surface area contributed by atoms with E-state index in [1.54, 1.807) is 7.11 Å². The van der Waals surface area contributed by atoms with Crippen molar-refractivity contribution in [2.45, 2.75) is 69.8 Å². The zero-order valence-corrected chi connectivity index (χ0v) is 19.5. The molecule has 0 saturated heterocycles. The molecule has 1 heterocycles. The van der Waals surface area contributed by atoms with Crippen molar-refractivity contribution >= 4 is 17.7 Å². The van der Waals surface area contributed by atoms with Gasteiger partial charge in [0.1, 0.15) is 5.75 Å². The minimum absolute atomic E-state index is 0.0472. The lowest BCUT2D eigenvalue weighted by molar-refractivity contribution is -0.120. The summed E-state index contributed by atoms with van der Waals surface area (Å²) in [7, 11) is 1.67. The highest BCUT2D eigenvalue weighted by molar-refractivity contribution is 8.00. The predicted molar refractivity (Wildman–Crippen MR) is 122 cm³/mol. The van der Waals surface area contributed by atoms with Crippen LogP contribution in [0.5, 0.6) is 5.75 Å². The molecular formula is C23H34N4O2S. The third-order valence-electron chi connectivity index (χ3n) is 5.75. The summed E-state index contributed by atoms with van der Waals surface area (Å²) >= 11 is 1.50. The second-order valence-electron chi connectivity index (χ2n) is 8.63. The van der Waals surface area contributed by atoms with Gasteiger partial charge in [0, 0.05) is 18.2 Å². The largest absolute Gasteiger partial charge is 0.497 e. The molecule has 0 spiro atoms. The number of nitrogens with one attached hydrogen (secondary N) is 1. The number of methoxy groups -OCH3 is 1. The summed E-state index contributed by atoms with van der Waals surface area (Å²) in [5.41, 5.74) is 1.02. The molecule has 1 aromatic carbocycles. The summed E-state index contributed by atoms with van der Waals surface area (Å²) < 4.78 is 7.58. The van der Waals surface area contributed by atoms with E-state index in [2.05, 4.69) is 40.9 Å². The van der Waals surface area contributed by atoms with E-state index in [1.807, 2.05) is 31.2 Å². The van der Waals surface area contributed by atoms with Gasteiger partial charge in [0.2, 0.25) is 5.91 Å². The first kappa shape index (κ1) is 22.7. The van der Waals surface area contributed by atoms with Crippen LogP contribution in [0.2, 0.25) is 0 Å². The summed E-state index contributed by atoms with van der Waals surface area (Å²) in [6.07, 6.45) is 4.81. The molecule has 164 valence electrons. The van der Waals surface area contributed by atoms with Crippen LogP contribution >= 0.6 is 11.8 Å². The quantitative estimate of drug-likeness (QED) is 0.600. The van der Waals surface area contributed by atoms with E-state index >= 15 is 0 Å². The zero-order valence-electron chi connectivity index (χ0n) is 18.7. The topological polar surface area (TPSA) is 69.0 Å². The summed E-state index contributed by atoms with van der Waals surface area (Å²) in [5, 5.41) is 12.7. The fourth-order valence-electron chi connectivity index (χ4n) is 3.93. The van der Waals surface area contributed by atoms with Gasteiger partial charge in [0.15, 0.2) is 11.0 Å². The molecule has 1 N–H and O–H groups in total. The van der Waals surface area contributed by atoms with Crippen LogP contribution in [0.3, 0.4) is 0 Å². The Morgan fingerprint density at radius 3 is 2.53 bits per heavy atom. The van der Waals surface area contributed by atoms with E-state index in [-0.39, 0.29) is 11.2 Å². The number of hydrogen-bond donors (Lipinski definition) is 1. The van der Waals surface area contributed by atoms with Gasteiger partial charge in [-0.3, -0.25) is 9.36 Å². The maximum absolute atomic E-state index is 12.5. The van der Waals surface area contributed by atoms with Gasteiger partial charge in [-0.25, -0.2) is 0 Å². The molecule has 0 bridgehead atoms. The number of hydrogen-bond acceptors (Lipinski definition) is 5. The molecule has 1 saturated carbocycles. The lowest BCUT2D eigenvalue weighted by Crippen LogP contribution is -2.33. The Morgan fingerprint density at radius 2 is 1.90 bits per heavy atom. The Labute approximate surface area is 184 Å². The SMILES string of the molecule is COc1ccc(-c2nnc(S[C@@H](C)C(=O)NCC(C)C)n2[C@@H]2CCCC[C@@H]2C)cc1. The van der Waals surface area contributed by atoms with Crippen molar-refractivity contribution in [1.82, 2.24) is 20.1 Å². The number of amides is 1. The molecule has 3 rings (SSSR count). The first-order chi connectivity index (χ1) is 14.4. The van der Waals surface area contributed by atoms with E-state index in [0.717, 1.165) is 28.7 Å². The number of carbonyl (C=O) groups excluding carboxylic acids is 1. The zero-order chi connectivity index (χ0) is 21.7. The summed E-state index contributed by atoms with van der Waals surface area (Å²) in [6, 6.07) is 8.31. The maximum atomic E-state index is 12.5. The van der Waals surface area contributed by atoms with Gasteiger partial charge < -0.3 is 10.1 Å². The van der Waals surface area contributed by atoms with Crippen LogP contribution in [-0.2, 0) is 4.79 Å². The lowest BCUT2D eigenvalue weighted by Gasteiger charge is -2.31. The smallest absolute Gasteiger partial charge is 0.233 e. The molecule has 3 atom stereocenters. The van der Waals surface area contributed by atoms with Crippen molar-refractivity contribution < 1.29 is 9.53 Å². The van der Waals surface area contributed by atoms with Crippen LogP contribution in [0, 0.1) is 11.8 Å². The molecule has 30 heavy (non-hydrogen) atoms. The minimum atomic E-state index is -0.227. The summed E-state index contributed by atoms with van der Waals surface area (Å²) in [5.74, 6) is 2.72. The fraction of sp³-hybridized carbons (Fsp3) is 0.609. The van der Waals surface area contributed by atoms with Crippen LogP contribution in [0.1, 0.15) is 59.4 Å². The van der Waals surface area contributed by atoms with Gasteiger partial charge in [-0.15, -0.1) is 10.2 Å². The summed E-state index contributed by atoms with van der Waals surface area (Å²) in [4.78, 5) is 12.5. The Bertz CT molecular complexity index is 834. The molecule has 7 heteroatoms. The van der Waals surface area contributed by atoms with Crippen LogP contribution in [-0.4, -0.2) is 39.6 Å². The Morgan fingerprint density at radius 1 is 1.20 bits per heavy atom. The Kier molecular flexibility index (Phi) is 7.81. The number of carbonyl (C=O) groups is 1. The standard InChI is InChI=1S/C23H34N4O2S/c1-15(2)14-24-22(28)17(4)30-23-26-25-21(18-10-12-19(29-5)13-11-18)27(23)20-9-7-6-8-16(20)3/h10-13,15-17,20H,6-9,14H2,1-5H3,(H,24,28)/t16-,17-,20+/m0/s1. The van der Waals surface area contributed by atoms with E-state index < -0.39 is 0 Å². The third-order valence-corrected chi connectivity index (χ3v) is 6.80. The van der Waals surface area contributed by atoms with Gasteiger partial charge in [0.25, 0.3) is 0 Å². The Balaban J connectivity index is 1.90. The molecule has 1 aliphatic carbocycles. The van der Waals surface area contributed by atoms with Gasteiger partial charge in [-0.1, -0.05) is 45.4 Å². The molecule has 1 aromatic heterocycles. The highest BCUT2D eigenvalue weighted by Crippen LogP contribution is 2.39. The molecule has 0 aliphatic heterocycles. The van der Waals surface area contributed by atoms with Crippen molar-refractivity contribution in [2.24, 2.45) is 11.8 Å². The van der Waals surface area contributed by atoms with Crippen LogP contribution < -0.4 is 10.1 Å². The van der Waals surface area contributed by atoms with Gasteiger partial charge in [-0.2, -0.15) is 0 Å².